The van der Waals surface area contributed by atoms with Crippen LogP contribution in [0.3, 0.4) is 0 Å². The van der Waals surface area contributed by atoms with E-state index in [9.17, 15) is 4.79 Å². The highest BCUT2D eigenvalue weighted by atomic mass is 16.5. The highest BCUT2D eigenvalue weighted by Crippen LogP contribution is 2.10. The first kappa shape index (κ1) is 10.3. The number of aromatic nitrogens is 4. The molecule has 2 rings (SSSR count). The summed E-state index contributed by atoms with van der Waals surface area (Å²) in [5.74, 6) is -0.857. The van der Waals surface area contributed by atoms with Gasteiger partial charge in [0.25, 0.3) is 5.78 Å². The molecule has 2 heterocycles. The lowest BCUT2D eigenvalue weighted by atomic mass is 10.3. The molecule has 1 N–H and O–H groups in total. The summed E-state index contributed by atoms with van der Waals surface area (Å²) in [6.45, 7) is 3.90. The molecule has 0 radical (unpaired) electrons. The molecule has 0 bridgehead atoms. The predicted molar refractivity (Wildman–Crippen MR) is 53.6 cm³/mol. The summed E-state index contributed by atoms with van der Waals surface area (Å²) < 4.78 is 6.24. The third-order valence-corrected chi connectivity index (χ3v) is 1.91. The lowest BCUT2D eigenvalue weighted by molar-refractivity contribution is 0.0687. The smallest absolute Gasteiger partial charge is 0.354 e. The molecule has 2 aromatic heterocycles. The maximum absolute atomic E-state index is 11.0. The Morgan fingerprint density at radius 1 is 1.56 bits per heavy atom. The fourth-order valence-corrected chi connectivity index (χ4v) is 1.31. The van der Waals surface area contributed by atoms with Crippen molar-refractivity contribution in [3.8, 4) is 6.01 Å². The fourth-order valence-electron chi connectivity index (χ4n) is 1.31. The van der Waals surface area contributed by atoms with E-state index in [0.717, 1.165) is 4.52 Å². The molecule has 84 valence electrons. The molecule has 0 aliphatic rings. The molecule has 0 spiro atoms. The topological polar surface area (TPSA) is 89.6 Å². The van der Waals surface area contributed by atoms with Crippen molar-refractivity contribution in [1.29, 1.82) is 0 Å². The molecular formula is C9H10N4O3. The van der Waals surface area contributed by atoms with Gasteiger partial charge in [-0.1, -0.05) is 0 Å². The van der Waals surface area contributed by atoms with Gasteiger partial charge < -0.3 is 9.84 Å². The first-order valence-electron chi connectivity index (χ1n) is 4.72. The highest BCUT2D eigenvalue weighted by molar-refractivity contribution is 5.86. The van der Waals surface area contributed by atoms with Crippen molar-refractivity contribution in [3.63, 3.8) is 0 Å². The summed E-state index contributed by atoms with van der Waals surface area (Å²) in [5.41, 5.74) is 0.585. The number of ether oxygens (including phenoxy) is 1. The number of hydrogen-bond acceptors (Lipinski definition) is 5. The number of fused-ring (bicyclic) bond motifs is 1. The Kier molecular flexibility index (Phi) is 2.43. The van der Waals surface area contributed by atoms with Gasteiger partial charge in [-0.05, 0) is 19.9 Å². The van der Waals surface area contributed by atoms with Crippen LogP contribution in [0.15, 0.2) is 6.07 Å². The Morgan fingerprint density at radius 3 is 2.94 bits per heavy atom. The van der Waals surface area contributed by atoms with Gasteiger partial charge in [0, 0.05) is 5.69 Å². The molecule has 0 saturated heterocycles. The lowest BCUT2D eigenvalue weighted by Crippen LogP contribution is -2.08. The molecule has 16 heavy (non-hydrogen) atoms. The van der Waals surface area contributed by atoms with Crippen LogP contribution in [0.1, 0.15) is 23.1 Å². The first-order chi connectivity index (χ1) is 7.61. The van der Waals surface area contributed by atoms with E-state index >= 15 is 0 Å². The number of rotatable bonds is 3. The number of aromatic carboxylic acids is 1. The van der Waals surface area contributed by atoms with Gasteiger partial charge in [0.2, 0.25) is 0 Å². The quantitative estimate of drug-likeness (QED) is 0.814. The van der Waals surface area contributed by atoms with E-state index in [4.69, 9.17) is 9.84 Å². The van der Waals surface area contributed by atoms with Gasteiger partial charge in [-0.15, -0.1) is 5.10 Å². The van der Waals surface area contributed by atoms with Crippen molar-refractivity contribution < 1.29 is 14.6 Å². The minimum Gasteiger partial charge on any atom is -0.477 e. The van der Waals surface area contributed by atoms with E-state index in [2.05, 4.69) is 15.1 Å². The Hall–Kier alpha value is -2.18. The normalized spacial score (nSPS) is 10.6. The standard InChI is InChI=1S/C9H10N4O3/c1-3-16-9-11-8-10-5(2)4-6(7(14)15)13(8)12-9/h4H,3H2,1-2H3,(H,14,15). The number of nitrogens with zero attached hydrogens (tertiary/aromatic N) is 4. The van der Waals surface area contributed by atoms with Crippen LogP contribution in [0.5, 0.6) is 6.01 Å². The third-order valence-electron chi connectivity index (χ3n) is 1.91. The minimum atomic E-state index is -1.08. The maximum atomic E-state index is 11.0. The highest BCUT2D eigenvalue weighted by Gasteiger charge is 2.14. The third kappa shape index (κ3) is 1.67. The van der Waals surface area contributed by atoms with Crippen molar-refractivity contribution in [2.24, 2.45) is 0 Å². The van der Waals surface area contributed by atoms with Gasteiger partial charge in [-0.25, -0.2) is 9.78 Å². The Morgan fingerprint density at radius 2 is 2.31 bits per heavy atom. The summed E-state index contributed by atoms with van der Waals surface area (Å²) in [6, 6.07) is 1.56. The average Bonchev–Trinajstić information content (AvgIpc) is 2.59. The van der Waals surface area contributed by atoms with Crippen LogP contribution in [0.25, 0.3) is 5.78 Å². The van der Waals surface area contributed by atoms with Gasteiger partial charge >= 0.3 is 12.0 Å². The fraction of sp³-hybridized carbons (Fsp3) is 0.333. The molecule has 7 heteroatoms. The van der Waals surface area contributed by atoms with Crippen molar-refractivity contribution >= 4 is 11.7 Å². The van der Waals surface area contributed by atoms with Gasteiger partial charge in [-0.2, -0.15) is 9.50 Å². The van der Waals surface area contributed by atoms with E-state index in [1.54, 1.807) is 13.8 Å². The summed E-state index contributed by atoms with van der Waals surface area (Å²) in [7, 11) is 0. The number of carboxylic acids is 1. The Bertz CT molecular complexity index is 549. The van der Waals surface area contributed by atoms with E-state index in [0.29, 0.717) is 12.3 Å². The van der Waals surface area contributed by atoms with Crippen LogP contribution in [-0.4, -0.2) is 37.3 Å². The zero-order chi connectivity index (χ0) is 11.7. The van der Waals surface area contributed by atoms with Crippen LogP contribution in [-0.2, 0) is 0 Å². The van der Waals surface area contributed by atoms with Crippen molar-refractivity contribution in [2.45, 2.75) is 13.8 Å². The van der Waals surface area contributed by atoms with E-state index in [1.807, 2.05) is 0 Å². The molecule has 0 amide bonds. The number of aryl methyl sites for hydroxylation is 1. The zero-order valence-corrected chi connectivity index (χ0v) is 8.84. The number of carbonyl (C=O) groups is 1. The summed E-state index contributed by atoms with van der Waals surface area (Å²) in [5, 5.41) is 12.9. The zero-order valence-electron chi connectivity index (χ0n) is 8.84. The van der Waals surface area contributed by atoms with Gasteiger partial charge in [0.05, 0.1) is 6.61 Å². The molecule has 0 aromatic carbocycles. The second-order valence-electron chi connectivity index (χ2n) is 3.13. The van der Waals surface area contributed by atoms with Gasteiger partial charge in [0.15, 0.2) is 5.69 Å². The second kappa shape index (κ2) is 3.76. The van der Waals surface area contributed by atoms with Crippen LogP contribution in [0, 0.1) is 6.92 Å². The van der Waals surface area contributed by atoms with Crippen molar-refractivity contribution in [3.05, 3.63) is 17.5 Å². The molecular weight excluding hydrogens is 212 g/mol. The molecule has 2 aromatic rings. The molecule has 0 saturated carbocycles. The molecule has 0 aliphatic carbocycles. The van der Waals surface area contributed by atoms with Crippen molar-refractivity contribution in [1.82, 2.24) is 19.6 Å². The molecule has 0 atom stereocenters. The monoisotopic (exact) mass is 222 g/mol. The molecule has 7 nitrogen and oxygen atoms in total. The average molecular weight is 222 g/mol. The number of hydrogen-bond donors (Lipinski definition) is 1. The Balaban J connectivity index is 2.65. The SMILES string of the molecule is CCOc1nc2nc(C)cc(C(=O)O)n2n1. The van der Waals surface area contributed by atoms with E-state index in [1.165, 1.54) is 6.07 Å². The van der Waals surface area contributed by atoms with Crippen LogP contribution >= 0.6 is 0 Å². The van der Waals surface area contributed by atoms with Crippen LogP contribution in [0.4, 0.5) is 0 Å². The van der Waals surface area contributed by atoms with Gasteiger partial charge in [-0.3, -0.25) is 0 Å². The first-order valence-corrected chi connectivity index (χ1v) is 4.72. The van der Waals surface area contributed by atoms with Crippen molar-refractivity contribution in [2.75, 3.05) is 6.61 Å². The molecule has 0 fully saturated rings. The minimum absolute atomic E-state index is 0.0148. The van der Waals surface area contributed by atoms with Crippen LogP contribution in [0.2, 0.25) is 0 Å². The Labute approximate surface area is 90.7 Å². The summed E-state index contributed by atoms with van der Waals surface area (Å²) in [6.07, 6.45) is 0. The largest absolute Gasteiger partial charge is 0.477 e. The summed E-state index contributed by atoms with van der Waals surface area (Å²) >= 11 is 0. The van der Waals surface area contributed by atoms with Gasteiger partial charge in [0.1, 0.15) is 0 Å². The molecule has 0 unspecified atom stereocenters. The maximum Gasteiger partial charge on any atom is 0.354 e. The van der Waals surface area contributed by atoms with E-state index < -0.39 is 5.97 Å². The van der Waals surface area contributed by atoms with Crippen LogP contribution < -0.4 is 4.74 Å². The summed E-state index contributed by atoms with van der Waals surface area (Å²) in [4.78, 5) is 19.0. The molecule has 0 aliphatic heterocycles. The predicted octanol–water partition coefficient (Wildman–Crippen LogP) is 0.530. The van der Waals surface area contributed by atoms with E-state index in [-0.39, 0.29) is 17.5 Å². The lowest BCUT2D eigenvalue weighted by Gasteiger charge is -1.98. The number of carboxylic acid groups (broad SMARTS) is 1. The second-order valence-corrected chi connectivity index (χ2v) is 3.13.